The second kappa shape index (κ2) is 9.00. The van der Waals surface area contributed by atoms with Crippen molar-refractivity contribution in [2.24, 2.45) is 5.73 Å². The minimum Gasteiger partial charge on any atom is -0.353 e. The van der Waals surface area contributed by atoms with Crippen molar-refractivity contribution in [3.8, 4) is 0 Å². The lowest BCUT2D eigenvalue weighted by atomic mass is 9.92. The lowest BCUT2D eigenvalue weighted by molar-refractivity contribution is -0.126. The van der Waals surface area contributed by atoms with Gasteiger partial charge in [0.05, 0.1) is 11.4 Å². The SMILES string of the molecule is Cl.NC1CCC(NC(=O)CCC(=O)N2CC(=O)Nc3ccccc32)CC1. The van der Waals surface area contributed by atoms with Crippen molar-refractivity contribution in [3.63, 3.8) is 0 Å². The van der Waals surface area contributed by atoms with Gasteiger partial charge in [0.2, 0.25) is 17.7 Å². The van der Waals surface area contributed by atoms with Crippen LogP contribution < -0.4 is 21.3 Å². The number of fused-ring (bicyclic) bond motifs is 1. The Kier molecular flexibility index (Phi) is 6.99. The largest absolute Gasteiger partial charge is 0.353 e. The number of hydrogen-bond donors (Lipinski definition) is 3. The predicted molar refractivity (Wildman–Crippen MR) is 102 cm³/mol. The third kappa shape index (κ3) is 4.95. The van der Waals surface area contributed by atoms with Crippen molar-refractivity contribution < 1.29 is 14.4 Å². The van der Waals surface area contributed by atoms with E-state index in [1.165, 1.54) is 4.90 Å². The van der Waals surface area contributed by atoms with E-state index in [0.29, 0.717) is 11.4 Å². The van der Waals surface area contributed by atoms with Gasteiger partial charge in [-0.2, -0.15) is 0 Å². The molecule has 1 aliphatic carbocycles. The van der Waals surface area contributed by atoms with Crippen LogP contribution in [0.25, 0.3) is 0 Å². The van der Waals surface area contributed by atoms with E-state index in [1.54, 1.807) is 18.2 Å². The molecule has 1 fully saturated rings. The Balaban J connectivity index is 0.00000243. The highest BCUT2D eigenvalue weighted by Gasteiger charge is 2.27. The summed E-state index contributed by atoms with van der Waals surface area (Å²) in [5, 5.41) is 5.73. The van der Waals surface area contributed by atoms with Gasteiger partial charge in [-0.25, -0.2) is 0 Å². The summed E-state index contributed by atoms with van der Waals surface area (Å²) in [6, 6.07) is 7.56. The van der Waals surface area contributed by atoms with Crippen molar-refractivity contribution in [1.82, 2.24) is 5.32 Å². The number of nitrogens with zero attached hydrogens (tertiary/aromatic N) is 1. The third-order valence-corrected chi connectivity index (χ3v) is 4.77. The Morgan fingerprint density at radius 2 is 1.85 bits per heavy atom. The molecule has 0 radical (unpaired) electrons. The van der Waals surface area contributed by atoms with Crippen LogP contribution in [0, 0.1) is 0 Å². The van der Waals surface area contributed by atoms with Gasteiger partial charge in [0, 0.05) is 24.9 Å². The fraction of sp³-hybridized carbons (Fsp3) is 0.500. The van der Waals surface area contributed by atoms with Crippen molar-refractivity contribution in [1.29, 1.82) is 0 Å². The number of carbonyl (C=O) groups is 3. The normalized spacial score (nSPS) is 21.9. The highest BCUT2D eigenvalue weighted by atomic mass is 35.5. The molecule has 3 rings (SSSR count). The number of nitrogens with two attached hydrogens (primary N) is 1. The lowest BCUT2D eigenvalue weighted by Crippen LogP contribution is -2.43. The first-order chi connectivity index (χ1) is 12.0. The smallest absolute Gasteiger partial charge is 0.244 e. The minimum absolute atomic E-state index is 0. The molecule has 1 aromatic rings. The van der Waals surface area contributed by atoms with Crippen LogP contribution >= 0.6 is 12.4 Å². The summed E-state index contributed by atoms with van der Waals surface area (Å²) in [7, 11) is 0. The average molecular weight is 381 g/mol. The van der Waals surface area contributed by atoms with Gasteiger partial charge in [-0.05, 0) is 37.8 Å². The molecule has 0 bridgehead atoms. The van der Waals surface area contributed by atoms with E-state index < -0.39 is 0 Å². The number of amides is 3. The monoisotopic (exact) mass is 380 g/mol. The second-order valence-electron chi connectivity index (χ2n) is 6.72. The molecule has 0 atom stereocenters. The lowest BCUT2D eigenvalue weighted by Gasteiger charge is -2.29. The number of hydrogen-bond acceptors (Lipinski definition) is 4. The number of anilines is 2. The molecule has 3 amide bonds. The summed E-state index contributed by atoms with van der Waals surface area (Å²) in [5.74, 6) is -0.568. The van der Waals surface area contributed by atoms with Crippen LogP contribution in [0.2, 0.25) is 0 Å². The first-order valence-electron chi connectivity index (χ1n) is 8.77. The molecule has 0 aromatic heterocycles. The van der Waals surface area contributed by atoms with Gasteiger partial charge in [-0.15, -0.1) is 12.4 Å². The van der Waals surface area contributed by atoms with Gasteiger partial charge < -0.3 is 21.3 Å². The van der Waals surface area contributed by atoms with E-state index in [0.717, 1.165) is 25.7 Å². The van der Waals surface area contributed by atoms with E-state index in [4.69, 9.17) is 5.73 Å². The Bertz CT molecular complexity index is 674. The summed E-state index contributed by atoms with van der Waals surface area (Å²) in [6.07, 6.45) is 3.83. The Morgan fingerprint density at radius 1 is 1.15 bits per heavy atom. The van der Waals surface area contributed by atoms with Gasteiger partial charge >= 0.3 is 0 Å². The van der Waals surface area contributed by atoms with E-state index >= 15 is 0 Å². The van der Waals surface area contributed by atoms with Gasteiger partial charge in [-0.3, -0.25) is 14.4 Å². The van der Waals surface area contributed by atoms with E-state index in [2.05, 4.69) is 10.6 Å². The maximum Gasteiger partial charge on any atom is 0.244 e. The topological polar surface area (TPSA) is 105 Å². The summed E-state index contributed by atoms with van der Waals surface area (Å²) in [4.78, 5) is 37.8. The number of rotatable bonds is 4. The maximum atomic E-state index is 12.5. The first-order valence-corrected chi connectivity index (χ1v) is 8.77. The second-order valence-corrected chi connectivity index (χ2v) is 6.72. The maximum absolute atomic E-state index is 12.5. The number of carbonyl (C=O) groups excluding carboxylic acids is 3. The molecule has 1 aromatic carbocycles. The van der Waals surface area contributed by atoms with Gasteiger partial charge in [0.25, 0.3) is 0 Å². The van der Waals surface area contributed by atoms with Crippen molar-refractivity contribution >= 4 is 41.5 Å². The van der Waals surface area contributed by atoms with Crippen LogP contribution in [-0.4, -0.2) is 36.3 Å². The quantitative estimate of drug-likeness (QED) is 0.737. The van der Waals surface area contributed by atoms with Crippen LogP contribution in [-0.2, 0) is 14.4 Å². The van der Waals surface area contributed by atoms with Crippen LogP contribution in [0.1, 0.15) is 38.5 Å². The fourth-order valence-electron chi connectivity index (χ4n) is 3.37. The van der Waals surface area contributed by atoms with Gasteiger partial charge in [0.15, 0.2) is 0 Å². The Morgan fingerprint density at radius 3 is 2.58 bits per heavy atom. The highest BCUT2D eigenvalue weighted by molar-refractivity contribution is 6.10. The molecule has 4 N–H and O–H groups in total. The average Bonchev–Trinajstić information content (AvgIpc) is 2.61. The predicted octanol–water partition coefficient (Wildman–Crippen LogP) is 1.56. The van der Waals surface area contributed by atoms with Crippen LogP contribution in [0.15, 0.2) is 24.3 Å². The molecular formula is C18H25ClN4O3. The number of nitrogens with one attached hydrogen (secondary N) is 2. The Hall–Kier alpha value is -2.12. The number of benzene rings is 1. The molecular weight excluding hydrogens is 356 g/mol. The molecule has 1 aliphatic heterocycles. The molecule has 1 saturated carbocycles. The van der Waals surface area contributed by atoms with Crippen LogP contribution in [0.3, 0.4) is 0 Å². The van der Waals surface area contributed by atoms with Gasteiger partial charge in [0.1, 0.15) is 6.54 Å². The van der Waals surface area contributed by atoms with E-state index in [1.807, 2.05) is 6.07 Å². The minimum atomic E-state index is -0.227. The molecule has 0 unspecified atom stereocenters. The molecule has 142 valence electrons. The van der Waals surface area contributed by atoms with Crippen molar-refractivity contribution in [2.45, 2.75) is 50.6 Å². The first kappa shape index (κ1) is 20.2. The zero-order valence-electron chi connectivity index (χ0n) is 14.6. The highest BCUT2D eigenvalue weighted by Crippen LogP contribution is 2.29. The summed E-state index contributed by atoms with van der Waals surface area (Å²) < 4.78 is 0. The van der Waals surface area contributed by atoms with E-state index in [9.17, 15) is 14.4 Å². The van der Waals surface area contributed by atoms with Gasteiger partial charge in [-0.1, -0.05) is 12.1 Å². The molecule has 2 aliphatic rings. The summed E-state index contributed by atoms with van der Waals surface area (Å²) >= 11 is 0. The molecule has 8 heteroatoms. The van der Waals surface area contributed by atoms with Crippen molar-refractivity contribution in [3.05, 3.63) is 24.3 Å². The number of halogens is 1. The zero-order chi connectivity index (χ0) is 17.8. The standard InChI is InChI=1S/C18H24N4O3.ClH/c19-12-5-7-13(8-6-12)20-16(23)9-10-18(25)22-11-17(24)21-14-3-1-2-4-15(14)22;/h1-4,12-13H,5-11,19H2,(H,20,23)(H,21,24);1H. The van der Waals surface area contributed by atoms with E-state index in [-0.39, 0.29) is 61.6 Å². The third-order valence-electron chi connectivity index (χ3n) is 4.77. The fourth-order valence-corrected chi connectivity index (χ4v) is 3.37. The molecule has 0 saturated heterocycles. The molecule has 7 nitrogen and oxygen atoms in total. The molecule has 0 spiro atoms. The molecule has 1 heterocycles. The van der Waals surface area contributed by atoms with Crippen LogP contribution in [0.5, 0.6) is 0 Å². The Labute approximate surface area is 159 Å². The summed E-state index contributed by atoms with van der Waals surface area (Å²) in [6.45, 7) is -0.0159. The zero-order valence-corrected chi connectivity index (χ0v) is 15.4. The summed E-state index contributed by atoms with van der Waals surface area (Å²) in [5.41, 5.74) is 7.16. The number of para-hydroxylation sites is 2. The van der Waals surface area contributed by atoms with Crippen LogP contribution in [0.4, 0.5) is 11.4 Å². The van der Waals surface area contributed by atoms with Crippen molar-refractivity contribution in [2.75, 3.05) is 16.8 Å². The molecule has 26 heavy (non-hydrogen) atoms.